The average Bonchev–Trinajstić information content (AvgIpc) is 2.78. The Labute approximate surface area is 183 Å². The number of amides is 1. The van der Waals surface area contributed by atoms with E-state index >= 15 is 0 Å². The van der Waals surface area contributed by atoms with Crippen molar-refractivity contribution in [1.29, 1.82) is 0 Å². The number of aliphatic carboxylic acids is 1. The van der Waals surface area contributed by atoms with Crippen LogP contribution in [-0.2, 0) is 19.6 Å². The molecule has 0 spiro atoms. The molecule has 3 aliphatic carbocycles. The fourth-order valence-electron chi connectivity index (χ4n) is 5.20. The van der Waals surface area contributed by atoms with Crippen LogP contribution < -0.4 is 0 Å². The monoisotopic (exact) mass is 446 g/mol. The van der Waals surface area contributed by atoms with Gasteiger partial charge < -0.3 is 10.0 Å². The highest BCUT2D eigenvalue weighted by atomic mass is 32.2. The van der Waals surface area contributed by atoms with Gasteiger partial charge in [0.15, 0.2) is 0 Å². The standard InChI is InChI=1S/C23H30N2O5S/c1-15(2)16-7-9-19(10-8-16)31(29,30)25-13-11-24(12-14-25)22(26)20-17-3-5-18(6-4-17)21(20)23(27)28/h3,5,7-10,15,17-18,20-21H,4,6,11-14H2,1-2H3,(H,27,28)/t17-,18+,20-,21+/m1/s1. The second-order valence-corrected chi connectivity index (χ2v) is 11.1. The maximum Gasteiger partial charge on any atom is 0.307 e. The number of piperazine rings is 1. The number of carboxylic acid groups (broad SMARTS) is 1. The number of fused-ring (bicyclic) bond motifs is 2. The van der Waals surface area contributed by atoms with E-state index in [9.17, 15) is 23.1 Å². The summed E-state index contributed by atoms with van der Waals surface area (Å²) in [6.45, 7) is 5.12. The molecule has 8 heteroatoms. The first-order chi connectivity index (χ1) is 14.7. The second-order valence-electron chi connectivity index (χ2n) is 9.13. The zero-order valence-corrected chi connectivity index (χ0v) is 18.8. The van der Waals surface area contributed by atoms with Crippen LogP contribution >= 0.6 is 0 Å². The molecule has 7 nitrogen and oxygen atoms in total. The van der Waals surface area contributed by atoms with Gasteiger partial charge in [0.25, 0.3) is 0 Å². The number of sulfonamides is 1. The molecule has 1 aromatic rings. The van der Waals surface area contributed by atoms with E-state index in [1.54, 1.807) is 17.0 Å². The van der Waals surface area contributed by atoms with Gasteiger partial charge in [-0.3, -0.25) is 9.59 Å². The van der Waals surface area contributed by atoms with Crippen LogP contribution in [0.4, 0.5) is 0 Å². The zero-order chi connectivity index (χ0) is 22.3. The first kappa shape index (κ1) is 22.0. The van der Waals surface area contributed by atoms with E-state index in [-0.39, 0.29) is 48.8 Å². The number of hydrogen-bond donors (Lipinski definition) is 1. The highest BCUT2D eigenvalue weighted by Crippen LogP contribution is 2.45. The van der Waals surface area contributed by atoms with Crippen molar-refractivity contribution in [2.24, 2.45) is 23.7 Å². The molecule has 1 aliphatic heterocycles. The first-order valence-corrected chi connectivity index (χ1v) is 12.4. The van der Waals surface area contributed by atoms with E-state index in [2.05, 4.69) is 13.8 Å². The van der Waals surface area contributed by atoms with Gasteiger partial charge in [-0.2, -0.15) is 4.31 Å². The highest BCUT2D eigenvalue weighted by molar-refractivity contribution is 7.89. The first-order valence-electron chi connectivity index (χ1n) is 11.0. The van der Waals surface area contributed by atoms with E-state index in [1.165, 1.54) is 4.31 Å². The molecule has 1 amide bonds. The minimum Gasteiger partial charge on any atom is -0.481 e. The predicted molar refractivity (Wildman–Crippen MR) is 116 cm³/mol. The number of benzene rings is 1. The van der Waals surface area contributed by atoms with Crippen molar-refractivity contribution in [3.63, 3.8) is 0 Å². The van der Waals surface area contributed by atoms with Crippen LogP contribution in [0.5, 0.6) is 0 Å². The normalized spacial score (nSPS) is 28.8. The summed E-state index contributed by atoms with van der Waals surface area (Å²) in [6.07, 6.45) is 5.59. The van der Waals surface area contributed by atoms with Crippen LogP contribution in [0.1, 0.15) is 38.2 Å². The lowest BCUT2D eigenvalue weighted by Gasteiger charge is -2.45. The van der Waals surface area contributed by atoms with Gasteiger partial charge in [0.1, 0.15) is 0 Å². The van der Waals surface area contributed by atoms with Gasteiger partial charge in [-0.05, 0) is 48.3 Å². The lowest BCUT2D eigenvalue weighted by Crippen LogP contribution is -2.55. The SMILES string of the molecule is CC(C)c1ccc(S(=O)(=O)N2CCN(C(=O)[C@H]3[C@@H](C(=O)O)[C@H]4C=C[C@@H]3CC4)CC2)cc1. The fraction of sp³-hybridized carbons (Fsp3) is 0.565. The third-order valence-corrected chi connectivity index (χ3v) is 8.97. The van der Waals surface area contributed by atoms with Gasteiger partial charge in [-0.1, -0.05) is 38.1 Å². The Morgan fingerprint density at radius 2 is 1.48 bits per heavy atom. The summed E-state index contributed by atoms with van der Waals surface area (Å²) in [5.74, 6) is -2.10. The summed E-state index contributed by atoms with van der Waals surface area (Å²) >= 11 is 0. The number of hydrogen-bond acceptors (Lipinski definition) is 4. The molecule has 2 fully saturated rings. The molecule has 2 bridgehead atoms. The molecule has 1 heterocycles. The summed E-state index contributed by atoms with van der Waals surface area (Å²) in [5, 5.41) is 9.71. The van der Waals surface area contributed by atoms with Gasteiger partial charge in [0, 0.05) is 26.2 Å². The second kappa shape index (κ2) is 8.39. The van der Waals surface area contributed by atoms with Gasteiger partial charge in [0.05, 0.1) is 16.7 Å². The summed E-state index contributed by atoms with van der Waals surface area (Å²) in [5.41, 5.74) is 1.08. The molecule has 0 unspecified atom stereocenters. The Morgan fingerprint density at radius 1 is 0.935 bits per heavy atom. The van der Waals surface area contributed by atoms with Crippen molar-refractivity contribution in [1.82, 2.24) is 9.21 Å². The fourth-order valence-corrected chi connectivity index (χ4v) is 6.62. The van der Waals surface area contributed by atoms with E-state index in [0.29, 0.717) is 5.92 Å². The molecule has 4 aliphatic rings. The van der Waals surface area contributed by atoms with Gasteiger partial charge >= 0.3 is 5.97 Å². The molecule has 1 saturated heterocycles. The lowest BCUT2D eigenvalue weighted by atomic mass is 9.62. The number of carboxylic acids is 1. The molecule has 31 heavy (non-hydrogen) atoms. The molecule has 168 valence electrons. The third-order valence-electron chi connectivity index (χ3n) is 7.05. The van der Waals surface area contributed by atoms with Crippen LogP contribution in [0, 0.1) is 23.7 Å². The number of carbonyl (C=O) groups is 2. The minimum atomic E-state index is -3.62. The van der Waals surface area contributed by atoms with Crippen molar-refractivity contribution in [3.8, 4) is 0 Å². The Morgan fingerprint density at radius 3 is 1.97 bits per heavy atom. The highest BCUT2D eigenvalue weighted by Gasteiger charge is 2.49. The van der Waals surface area contributed by atoms with Crippen molar-refractivity contribution < 1.29 is 23.1 Å². The van der Waals surface area contributed by atoms with Crippen molar-refractivity contribution in [2.45, 2.75) is 37.5 Å². The van der Waals surface area contributed by atoms with Crippen LogP contribution in [-0.4, -0.2) is 60.8 Å². The van der Waals surface area contributed by atoms with Gasteiger partial charge in [0.2, 0.25) is 15.9 Å². The summed E-state index contributed by atoms with van der Waals surface area (Å²) in [7, 11) is -3.62. The van der Waals surface area contributed by atoms with Gasteiger partial charge in [-0.15, -0.1) is 0 Å². The van der Waals surface area contributed by atoms with Crippen LogP contribution in [0.15, 0.2) is 41.3 Å². The molecular formula is C23H30N2O5S. The smallest absolute Gasteiger partial charge is 0.307 e. The summed E-state index contributed by atoms with van der Waals surface area (Å²) in [6, 6.07) is 6.97. The average molecular weight is 447 g/mol. The predicted octanol–water partition coefficient (Wildman–Crippen LogP) is 2.56. The number of rotatable bonds is 5. The maximum atomic E-state index is 13.2. The summed E-state index contributed by atoms with van der Waals surface area (Å²) in [4.78, 5) is 27.0. The Balaban J connectivity index is 1.44. The largest absolute Gasteiger partial charge is 0.481 e. The van der Waals surface area contributed by atoms with E-state index in [0.717, 1.165) is 18.4 Å². The van der Waals surface area contributed by atoms with Crippen LogP contribution in [0.25, 0.3) is 0 Å². The molecule has 0 radical (unpaired) electrons. The Hall–Kier alpha value is -2.19. The topological polar surface area (TPSA) is 95.0 Å². The molecule has 5 rings (SSSR count). The van der Waals surface area contributed by atoms with Crippen molar-refractivity contribution >= 4 is 21.9 Å². The number of carbonyl (C=O) groups excluding carboxylic acids is 1. The molecule has 0 aromatic heterocycles. The zero-order valence-electron chi connectivity index (χ0n) is 18.0. The molecule has 1 N–H and O–H groups in total. The van der Waals surface area contributed by atoms with E-state index in [4.69, 9.17) is 0 Å². The number of nitrogens with zero attached hydrogens (tertiary/aromatic N) is 2. The molecule has 1 saturated carbocycles. The Kier molecular flexibility index (Phi) is 5.96. The quantitative estimate of drug-likeness (QED) is 0.702. The molecule has 4 atom stereocenters. The Bertz CT molecular complexity index is 978. The van der Waals surface area contributed by atoms with Gasteiger partial charge in [-0.25, -0.2) is 8.42 Å². The van der Waals surface area contributed by atoms with Crippen LogP contribution in [0.3, 0.4) is 0 Å². The van der Waals surface area contributed by atoms with Crippen molar-refractivity contribution in [3.05, 3.63) is 42.0 Å². The van der Waals surface area contributed by atoms with Crippen LogP contribution in [0.2, 0.25) is 0 Å². The number of allylic oxidation sites excluding steroid dienone is 2. The van der Waals surface area contributed by atoms with E-state index < -0.39 is 27.8 Å². The van der Waals surface area contributed by atoms with Crippen molar-refractivity contribution in [2.75, 3.05) is 26.2 Å². The molecular weight excluding hydrogens is 416 g/mol. The minimum absolute atomic E-state index is 0.0418. The third kappa shape index (κ3) is 4.03. The molecule has 1 aromatic carbocycles. The maximum absolute atomic E-state index is 13.2. The van der Waals surface area contributed by atoms with E-state index in [1.807, 2.05) is 24.3 Å². The summed E-state index contributed by atoms with van der Waals surface area (Å²) < 4.78 is 27.5. The lowest BCUT2D eigenvalue weighted by molar-refractivity contribution is -0.157.